The van der Waals surface area contributed by atoms with Gasteiger partial charge in [-0.05, 0) is 50.9 Å². The highest BCUT2D eigenvalue weighted by Gasteiger charge is 2.40. The molecule has 0 radical (unpaired) electrons. The van der Waals surface area contributed by atoms with E-state index in [9.17, 15) is 9.59 Å². The number of fused-ring (bicyclic) bond motifs is 2. The number of nitrogens with one attached hydrogen (secondary N) is 2. The average molecular weight is 384 g/mol. The molecular weight excluding hydrogens is 356 g/mol. The van der Waals surface area contributed by atoms with Crippen LogP contribution in [0, 0.1) is 24.7 Å². The molecule has 3 unspecified atom stereocenters. The Morgan fingerprint density at radius 1 is 1.14 bits per heavy atom. The number of hydrogen-bond acceptors (Lipinski definition) is 4. The lowest BCUT2D eigenvalue weighted by atomic mass is 9.86. The van der Waals surface area contributed by atoms with Gasteiger partial charge in [-0.1, -0.05) is 6.42 Å². The number of aromatic nitrogens is 4. The Morgan fingerprint density at radius 2 is 1.93 bits per heavy atom. The SMILES string of the molecule is CCn1ncc(NC(=O)CC2CC3CCC2C3)c1C(=O)Nc1cnn(C)c1C. The highest BCUT2D eigenvalue weighted by Crippen LogP contribution is 2.49. The number of aryl methyl sites for hydroxylation is 2. The molecule has 2 N–H and O–H groups in total. The van der Waals surface area contributed by atoms with Crippen molar-refractivity contribution in [2.24, 2.45) is 24.8 Å². The molecule has 2 fully saturated rings. The predicted molar refractivity (Wildman–Crippen MR) is 106 cm³/mol. The lowest BCUT2D eigenvalue weighted by Crippen LogP contribution is -2.23. The number of rotatable bonds is 6. The summed E-state index contributed by atoms with van der Waals surface area (Å²) in [6.07, 6.45) is 8.74. The second-order valence-electron chi connectivity index (χ2n) is 8.13. The lowest BCUT2D eigenvalue weighted by molar-refractivity contribution is -0.117. The van der Waals surface area contributed by atoms with E-state index < -0.39 is 0 Å². The molecule has 2 heterocycles. The molecule has 2 aliphatic carbocycles. The Balaban J connectivity index is 1.47. The molecule has 2 amide bonds. The van der Waals surface area contributed by atoms with Crippen molar-refractivity contribution in [3.05, 3.63) is 23.8 Å². The van der Waals surface area contributed by atoms with Gasteiger partial charge in [-0.15, -0.1) is 0 Å². The number of carbonyl (C=O) groups excluding carboxylic acids is 2. The minimum absolute atomic E-state index is 0.0280. The maximum absolute atomic E-state index is 12.9. The monoisotopic (exact) mass is 384 g/mol. The van der Waals surface area contributed by atoms with E-state index in [1.54, 1.807) is 21.8 Å². The Kier molecular flexibility index (Phi) is 4.95. The van der Waals surface area contributed by atoms with Crippen molar-refractivity contribution in [3.8, 4) is 0 Å². The van der Waals surface area contributed by atoms with Crippen LogP contribution in [0.2, 0.25) is 0 Å². The lowest BCUT2D eigenvalue weighted by Gasteiger charge is -2.20. The minimum Gasteiger partial charge on any atom is -0.323 e. The number of carbonyl (C=O) groups is 2. The number of nitrogens with zero attached hydrogens (tertiary/aromatic N) is 4. The fourth-order valence-corrected chi connectivity index (χ4v) is 4.82. The Labute approximate surface area is 164 Å². The van der Waals surface area contributed by atoms with Crippen molar-refractivity contribution < 1.29 is 9.59 Å². The molecule has 0 spiro atoms. The van der Waals surface area contributed by atoms with Crippen molar-refractivity contribution in [2.75, 3.05) is 10.6 Å². The van der Waals surface area contributed by atoms with Gasteiger partial charge in [-0.2, -0.15) is 10.2 Å². The van der Waals surface area contributed by atoms with Crippen LogP contribution in [-0.2, 0) is 18.4 Å². The van der Waals surface area contributed by atoms with Crippen LogP contribution in [0.3, 0.4) is 0 Å². The Hall–Kier alpha value is -2.64. The summed E-state index contributed by atoms with van der Waals surface area (Å²) in [7, 11) is 1.82. The molecule has 4 rings (SSSR count). The van der Waals surface area contributed by atoms with Gasteiger partial charge in [0.2, 0.25) is 5.91 Å². The minimum atomic E-state index is -0.300. The topological polar surface area (TPSA) is 93.8 Å². The average Bonchev–Trinajstić information content (AvgIpc) is 3.43. The molecular formula is C20H28N6O2. The number of anilines is 2. The van der Waals surface area contributed by atoms with E-state index in [0.29, 0.717) is 41.9 Å². The van der Waals surface area contributed by atoms with Crippen molar-refractivity contribution in [1.82, 2.24) is 19.6 Å². The van der Waals surface area contributed by atoms with Crippen LogP contribution in [0.1, 0.15) is 55.2 Å². The fraction of sp³-hybridized carbons (Fsp3) is 0.600. The summed E-state index contributed by atoms with van der Waals surface area (Å²) >= 11 is 0. The van der Waals surface area contributed by atoms with E-state index in [4.69, 9.17) is 0 Å². The summed E-state index contributed by atoms with van der Waals surface area (Å²) in [5, 5.41) is 14.2. The third-order valence-electron chi connectivity index (χ3n) is 6.44. The molecule has 0 saturated heterocycles. The van der Waals surface area contributed by atoms with Crippen molar-refractivity contribution >= 4 is 23.2 Å². The van der Waals surface area contributed by atoms with Gasteiger partial charge in [0, 0.05) is 20.0 Å². The van der Waals surface area contributed by atoms with E-state index >= 15 is 0 Å². The van der Waals surface area contributed by atoms with Gasteiger partial charge in [-0.25, -0.2) is 0 Å². The predicted octanol–water partition coefficient (Wildman–Crippen LogP) is 2.96. The number of amides is 2. The van der Waals surface area contributed by atoms with Gasteiger partial charge in [0.1, 0.15) is 5.69 Å². The van der Waals surface area contributed by atoms with E-state index in [1.165, 1.54) is 25.7 Å². The summed E-state index contributed by atoms with van der Waals surface area (Å²) in [5.74, 6) is 1.67. The molecule has 2 aliphatic rings. The van der Waals surface area contributed by atoms with Gasteiger partial charge >= 0.3 is 0 Å². The van der Waals surface area contributed by atoms with Crippen LogP contribution in [0.4, 0.5) is 11.4 Å². The summed E-state index contributed by atoms with van der Waals surface area (Å²) in [5.41, 5.74) is 2.34. The van der Waals surface area contributed by atoms with Crippen LogP contribution in [0.5, 0.6) is 0 Å². The standard InChI is InChI=1S/C20H28N6O2/c1-4-26-19(20(28)24-16-10-21-25(3)12(16)2)17(11-22-26)23-18(27)9-15-8-13-5-6-14(15)7-13/h10-11,13-15H,4-9H2,1-3H3,(H,23,27)(H,24,28). The van der Waals surface area contributed by atoms with Crippen LogP contribution in [0.15, 0.2) is 12.4 Å². The maximum atomic E-state index is 12.9. The summed E-state index contributed by atoms with van der Waals surface area (Å²) < 4.78 is 3.30. The second-order valence-corrected chi connectivity index (χ2v) is 8.13. The third kappa shape index (κ3) is 3.43. The summed E-state index contributed by atoms with van der Waals surface area (Å²) in [6.45, 7) is 4.34. The zero-order chi connectivity index (χ0) is 19.8. The quantitative estimate of drug-likeness (QED) is 0.801. The maximum Gasteiger partial charge on any atom is 0.276 e. The van der Waals surface area contributed by atoms with Crippen molar-refractivity contribution in [3.63, 3.8) is 0 Å². The smallest absolute Gasteiger partial charge is 0.276 e. The van der Waals surface area contributed by atoms with Crippen molar-refractivity contribution in [1.29, 1.82) is 0 Å². The van der Waals surface area contributed by atoms with E-state index in [2.05, 4.69) is 20.8 Å². The fourth-order valence-electron chi connectivity index (χ4n) is 4.82. The van der Waals surface area contributed by atoms with Gasteiger partial charge in [-0.3, -0.25) is 19.0 Å². The Bertz CT molecular complexity index is 899. The van der Waals surface area contributed by atoms with Crippen LogP contribution in [-0.4, -0.2) is 31.4 Å². The highest BCUT2D eigenvalue weighted by molar-refractivity contribution is 6.09. The molecule has 2 aromatic rings. The molecule has 2 saturated carbocycles. The Morgan fingerprint density at radius 3 is 2.54 bits per heavy atom. The molecule has 0 aromatic carbocycles. The number of hydrogen-bond donors (Lipinski definition) is 2. The first kappa shape index (κ1) is 18.7. The first-order valence-corrected chi connectivity index (χ1v) is 10.1. The molecule has 0 aliphatic heterocycles. The summed E-state index contributed by atoms with van der Waals surface area (Å²) in [6, 6.07) is 0. The first-order chi connectivity index (χ1) is 13.5. The van der Waals surface area contributed by atoms with Crippen LogP contribution >= 0.6 is 0 Å². The highest BCUT2D eigenvalue weighted by atomic mass is 16.2. The van der Waals surface area contributed by atoms with Gasteiger partial charge in [0.15, 0.2) is 0 Å². The van der Waals surface area contributed by atoms with E-state index in [-0.39, 0.29) is 11.8 Å². The van der Waals surface area contributed by atoms with Crippen LogP contribution in [0.25, 0.3) is 0 Å². The molecule has 8 heteroatoms. The normalized spacial score (nSPS) is 23.2. The summed E-state index contributed by atoms with van der Waals surface area (Å²) in [4.78, 5) is 25.5. The van der Waals surface area contributed by atoms with Crippen LogP contribution < -0.4 is 10.6 Å². The molecule has 3 atom stereocenters. The second kappa shape index (κ2) is 7.41. The van der Waals surface area contributed by atoms with Gasteiger partial charge < -0.3 is 10.6 Å². The molecule has 8 nitrogen and oxygen atoms in total. The largest absolute Gasteiger partial charge is 0.323 e. The van der Waals surface area contributed by atoms with E-state index in [0.717, 1.165) is 11.6 Å². The molecule has 28 heavy (non-hydrogen) atoms. The van der Waals surface area contributed by atoms with E-state index in [1.807, 2.05) is 20.9 Å². The van der Waals surface area contributed by atoms with Crippen molar-refractivity contribution in [2.45, 2.75) is 52.5 Å². The molecule has 2 bridgehead atoms. The zero-order valence-corrected chi connectivity index (χ0v) is 16.7. The molecule has 2 aromatic heterocycles. The first-order valence-electron chi connectivity index (χ1n) is 10.1. The van der Waals surface area contributed by atoms with Gasteiger partial charge in [0.25, 0.3) is 5.91 Å². The third-order valence-corrected chi connectivity index (χ3v) is 6.44. The zero-order valence-electron chi connectivity index (χ0n) is 16.7. The van der Waals surface area contributed by atoms with Gasteiger partial charge in [0.05, 0.1) is 29.5 Å². The molecule has 150 valence electrons.